The lowest BCUT2D eigenvalue weighted by atomic mass is 10.1. The Bertz CT molecular complexity index is 856. The Kier molecular flexibility index (Phi) is 5.08. The first-order valence-electron chi connectivity index (χ1n) is 7.73. The van der Waals surface area contributed by atoms with Crippen molar-refractivity contribution in [1.29, 1.82) is 0 Å². The van der Waals surface area contributed by atoms with Crippen LogP contribution < -0.4 is 5.56 Å². The second kappa shape index (κ2) is 7.26. The molecule has 3 rings (SSSR count). The zero-order valence-corrected chi connectivity index (χ0v) is 14.0. The Balaban J connectivity index is 1.76. The van der Waals surface area contributed by atoms with Gasteiger partial charge >= 0.3 is 0 Å². The number of hydrogen-bond donors (Lipinski definition) is 2. The summed E-state index contributed by atoms with van der Waals surface area (Å²) in [5, 5.41) is 9.19. The van der Waals surface area contributed by atoms with Gasteiger partial charge in [0.15, 0.2) is 5.88 Å². The van der Waals surface area contributed by atoms with Crippen LogP contribution in [0, 0.1) is 11.6 Å². The zero-order chi connectivity index (χ0) is 18.0. The van der Waals surface area contributed by atoms with E-state index in [2.05, 4.69) is 4.98 Å². The molecule has 0 bridgehead atoms. The predicted octanol–water partition coefficient (Wildman–Crippen LogP) is 2.68. The molecule has 1 aliphatic heterocycles. The highest BCUT2D eigenvalue weighted by Crippen LogP contribution is 2.36. The molecule has 1 aromatic carbocycles. The summed E-state index contributed by atoms with van der Waals surface area (Å²) in [5.41, 5.74) is -0.165. The lowest BCUT2D eigenvalue weighted by Crippen LogP contribution is -2.33. The van der Waals surface area contributed by atoms with Crippen LogP contribution in [0.2, 0.25) is 0 Å². The molecule has 1 atom stereocenters. The number of aromatic amines is 1. The fourth-order valence-corrected chi connectivity index (χ4v) is 4.06. The Labute approximate surface area is 146 Å². The fourth-order valence-electron chi connectivity index (χ4n) is 2.82. The van der Waals surface area contributed by atoms with Gasteiger partial charge in [-0.2, -0.15) is 11.8 Å². The first-order valence-corrected chi connectivity index (χ1v) is 8.78. The third kappa shape index (κ3) is 4.01. The number of aromatic nitrogens is 1. The van der Waals surface area contributed by atoms with Crippen molar-refractivity contribution in [2.45, 2.75) is 11.7 Å². The number of amides is 1. The van der Waals surface area contributed by atoms with Crippen LogP contribution in [0.1, 0.15) is 27.6 Å². The van der Waals surface area contributed by atoms with Gasteiger partial charge in [0.25, 0.3) is 11.5 Å². The van der Waals surface area contributed by atoms with Crippen LogP contribution in [-0.4, -0.2) is 39.7 Å². The summed E-state index contributed by atoms with van der Waals surface area (Å²) in [4.78, 5) is 27.7. The summed E-state index contributed by atoms with van der Waals surface area (Å²) in [7, 11) is 0. The largest absolute Gasteiger partial charge is 0.494 e. The van der Waals surface area contributed by atoms with E-state index >= 15 is 0 Å². The Hall–Kier alpha value is -2.35. The number of aromatic hydroxyl groups is 1. The number of nitrogens with zero attached hydrogens (tertiary/aromatic N) is 1. The van der Waals surface area contributed by atoms with Gasteiger partial charge in [-0.05, 0) is 24.6 Å². The molecular formula is C17H16F2N2O3S. The summed E-state index contributed by atoms with van der Waals surface area (Å²) >= 11 is 1.46. The lowest BCUT2D eigenvalue weighted by Gasteiger charge is -2.20. The third-order valence-electron chi connectivity index (χ3n) is 4.01. The molecule has 8 heteroatoms. The van der Waals surface area contributed by atoms with E-state index in [0.29, 0.717) is 30.8 Å². The van der Waals surface area contributed by atoms with Gasteiger partial charge in [-0.15, -0.1) is 0 Å². The maximum absolute atomic E-state index is 14.0. The van der Waals surface area contributed by atoms with Crippen LogP contribution in [0.25, 0.3) is 0 Å². The quantitative estimate of drug-likeness (QED) is 0.857. The summed E-state index contributed by atoms with van der Waals surface area (Å²) in [5.74, 6) is -1.14. The summed E-state index contributed by atoms with van der Waals surface area (Å²) in [6, 6.07) is 5.71. The molecule has 1 fully saturated rings. The molecule has 2 heterocycles. The van der Waals surface area contributed by atoms with Crippen LogP contribution >= 0.6 is 11.8 Å². The highest BCUT2D eigenvalue weighted by atomic mass is 32.2. The summed E-state index contributed by atoms with van der Waals surface area (Å²) < 4.78 is 27.4. The second-order valence-electron chi connectivity index (χ2n) is 5.72. The van der Waals surface area contributed by atoms with Crippen LogP contribution in [0.15, 0.2) is 35.1 Å². The molecule has 1 aliphatic rings. The molecule has 0 radical (unpaired) electrons. The monoisotopic (exact) mass is 366 g/mol. The van der Waals surface area contributed by atoms with Crippen molar-refractivity contribution < 1.29 is 18.7 Å². The first kappa shape index (κ1) is 17.5. The number of pyridine rings is 1. The predicted molar refractivity (Wildman–Crippen MR) is 90.8 cm³/mol. The van der Waals surface area contributed by atoms with E-state index in [1.165, 1.54) is 23.9 Å². The number of rotatable bonds is 2. The number of hydrogen-bond acceptors (Lipinski definition) is 4. The minimum Gasteiger partial charge on any atom is -0.494 e. The van der Waals surface area contributed by atoms with Gasteiger partial charge in [-0.1, -0.05) is 0 Å². The lowest BCUT2D eigenvalue weighted by molar-refractivity contribution is 0.0765. The minimum atomic E-state index is -0.563. The molecule has 1 unspecified atom stereocenters. The molecule has 5 nitrogen and oxygen atoms in total. The van der Waals surface area contributed by atoms with Crippen molar-refractivity contribution in [1.82, 2.24) is 9.88 Å². The molecular weight excluding hydrogens is 350 g/mol. The summed E-state index contributed by atoms with van der Waals surface area (Å²) in [6.45, 7) is 0.768. The highest BCUT2D eigenvalue weighted by Gasteiger charge is 2.25. The molecule has 132 valence electrons. The SMILES string of the molecule is O=C(c1cc(O)[nH]c(=O)c1)N1CCSC(c2cc(F)ccc2F)CC1. The van der Waals surface area contributed by atoms with Gasteiger partial charge in [0, 0.05) is 41.8 Å². The number of carbonyl (C=O) groups is 1. The maximum Gasteiger partial charge on any atom is 0.254 e. The number of thioether (sulfide) groups is 1. The van der Waals surface area contributed by atoms with Gasteiger partial charge in [0.05, 0.1) is 5.56 Å². The Morgan fingerprint density at radius 1 is 1.24 bits per heavy atom. The van der Waals surface area contributed by atoms with Crippen molar-refractivity contribution >= 4 is 17.7 Å². The number of benzene rings is 1. The first-order chi connectivity index (χ1) is 11.9. The molecule has 2 aromatic rings. The van der Waals surface area contributed by atoms with E-state index in [1.807, 2.05) is 0 Å². The average molecular weight is 366 g/mol. The maximum atomic E-state index is 14.0. The molecule has 1 saturated heterocycles. The molecule has 2 N–H and O–H groups in total. The average Bonchev–Trinajstić information content (AvgIpc) is 2.81. The molecule has 1 aromatic heterocycles. The minimum absolute atomic E-state index is 0.0987. The molecule has 0 saturated carbocycles. The van der Waals surface area contributed by atoms with E-state index in [9.17, 15) is 23.5 Å². The van der Waals surface area contributed by atoms with Crippen molar-refractivity contribution in [3.63, 3.8) is 0 Å². The van der Waals surface area contributed by atoms with Crippen molar-refractivity contribution in [2.24, 2.45) is 0 Å². The van der Waals surface area contributed by atoms with E-state index < -0.39 is 17.2 Å². The fraction of sp³-hybridized carbons (Fsp3) is 0.294. The zero-order valence-electron chi connectivity index (χ0n) is 13.2. The number of carbonyl (C=O) groups excluding carboxylic acids is 1. The van der Waals surface area contributed by atoms with Crippen LogP contribution in [-0.2, 0) is 0 Å². The van der Waals surface area contributed by atoms with Crippen LogP contribution in [0.4, 0.5) is 8.78 Å². The standard InChI is InChI=1S/C17H16F2N2O3S/c18-11-1-2-13(19)12(9-11)14-3-4-21(5-6-25-14)17(24)10-7-15(22)20-16(23)8-10/h1-2,7-9,14H,3-6H2,(H2,20,22,23). The second-order valence-corrected chi connectivity index (χ2v) is 7.04. The van der Waals surface area contributed by atoms with Crippen LogP contribution in [0.5, 0.6) is 5.88 Å². The number of nitrogens with one attached hydrogen (secondary N) is 1. The van der Waals surface area contributed by atoms with Gasteiger partial charge in [0.2, 0.25) is 0 Å². The Morgan fingerprint density at radius 3 is 2.80 bits per heavy atom. The van der Waals surface area contributed by atoms with Crippen molar-refractivity contribution in [3.8, 4) is 5.88 Å². The molecule has 0 spiro atoms. The molecule has 1 amide bonds. The van der Waals surface area contributed by atoms with Crippen LogP contribution in [0.3, 0.4) is 0 Å². The van der Waals surface area contributed by atoms with E-state index in [-0.39, 0.29) is 22.6 Å². The summed E-state index contributed by atoms with van der Waals surface area (Å²) in [6.07, 6.45) is 0.464. The van der Waals surface area contributed by atoms with E-state index in [0.717, 1.165) is 18.2 Å². The Morgan fingerprint density at radius 2 is 2.04 bits per heavy atom. The van der Waals surface area contributed by atoms with E-state index in [1.54, 1.807) is 4.90 Å². The number of H-pyrrole nitrogens is 1. The van der Waals surface area contributed by atoms with Gasteiger partial charge in [0.1, 0.15) is 11.6 Å². The topological polar surface area (TPSA) is 73.4 Å². The van der Waals surface area contributed by atoms with Gasteiger partial charge in [-0.25, -0.2) is 8.78 Å². The molecule has 0 aliphatic carbocycles. The highest BCUT2D eigenvalue weighted by molar-refractivity contribution is 7.99. The normalized spacial score (nSPS) is 18.0. The molecule has 25 heavy (non-hydrogen) atoms. The van der Waals surface area contributed by atoms with Crippen molar-refractivity contribution in [2.75, 3.05) is 18.8 Å². The van der Waals surface area contributed by atoms with Crippen molar-refractivity contribution in [3.05, 3.63) is 63.4 Å². The number of halogens is 2. The van der Waals surface area contributed by atoms with E-state index in [4.69, 9.17) is 0 Å². The van der Waals surface area contributed by atoms with Gasteiger partial charge < -0.3 is 10.0 Å². The van der Waals surface area contributed by atoms with Gasteiger partial charge in [-0.3, -0.25) is 14.6 Å². The third-order valence-corrected chi connectivity index (χ3v) is 5.32. The smallest absolute Gasteiger partial charge is 0.254 e.